The van der Waals surface area contributed by atoms with Gasteiger partial charge in [-0.3, -0.25) is 9.69 Å². The molecule has 1 aromatic carbocycles. The molecule has 27 heavy (non-hydrogen) atoms. The van der Waals surface area contributed by atoms with Gasteiger partial charge >= 0.3 is 6.03 Å². The molecule has 7 nitrogen and oxygen atoms in total. The molecule has 1 aliphatic heterocycles. The molecular formula is C20H25N3O4. The number of imide groups is 1. The SMILES string of the molecule is CCCC1(CCC)NC(=O)N(Cc2coc(-c3ccc(OC)cc3)n2)C1=O. The fourth-order valence-electron chi connectivity index (χ4n) is 3.55. The molecule has 144 valence electrons. The lowest BCUT2D eigenvalue weighted by molar-refractivity contribution is -0.132. The lowest BCUT2D eigenvalue weighted by Crippen LogP contribution is -2.46. The minimum absolute atomic E-state index is 0.0967. The van der Waals surface area contributed by atoms with Gasteiger partial charge in [0.2, 0.25) is 5.89 Å². The first-order valence-electron chi connectivity index (χ1n) is 9.26. The second-order valence-corrected chi connectivity index (χ2v) is 6.78. The lowest BCUT2D eigenvalue weighted by atomic mass is 9.88. The zero-order valence-corrected chi connectivity index (χ0v) is 15.9. The molecule has 1 saturated heterocycles. The molecule has 3 amide bonds. The van der Waals surface area contributed by atoms with Crippen LogP contribution in [0.4, 0.5) is 4.79 Å². The van der Waals surface area contributed by atoms with E-state index in [-0.39, 0.29) is 18.5 Å². The highest BCUT2D eigenvalue weighted by Crippen LogP contribution is 2.29. The number of aromatic nitrogens is 1. The molecule has 3 rings (SSSR count). The number of hydrogen-bond donors (Lipinski definition) is 1. The van der Waals surface area contributed by atoms with Crippen LogP contribution in [-0.4, -0.2) is 34.5 Å². The highest BCUT2D eigenvalue weighted by molar-refractivity contribution is 6.06. The van der Waals surface area contributed by atoms with Crippen molar-refractivity contribution >= 4 is 11.9 Å². The summed E-state index contributed by atoms with van der Waals surface area (Å²) in [7, 11) is 1.60. The molecule has 0 atom stereocenters. The van der Waals surface area contributed by atoms with Crippen molar-refractivity contribution in [1.82, 2.24) is 15.2 Å². The summed E-state index contributed by atoms with van der Waals surface area (Å²) in [6, 6.07) is 6.96. The van der Waals surface area contributed by atoms with Crippen LogP contribution < -0.4 is 10.1 Å². The van der Waals surface area contributed by atoms with Crippen molar-refractivity contribution in [3.63, 3.8) is 0 Å². The Morgan fingerprint density at radius 3 is 2.41 bits per heavy atom. The van der Waals surface area contributed by atoms with Gasteiger partial charge < -0.3 is 14.5 Å². The largest absolute Gasteiger partial charge is 0.497 e. The Hall–Kier alpha value is -2.83. The Balaban J connectivity index is 1.76. The monoisotopic (exact) mass is 371 g/mol. The maximum atomic E-state index is 12.9. The number of hydrogen-bond acceptors (Lipinski definition) is 5. The molecule has 7 heteroatoms. The van der Waals surface area contributed by atoms with Crippen LogP contribution in [0.3, 0.4) is 0 Å². The topological polar surface area (TPSA) is 84.7 Å². The molecule has 0 radical (unpaired) electrons. The molecule has 0 unspecified atom stereocenters. The van der Waals surface area contributed by atoms with Gasteiger partial charge in [0.1, 0.15) is 17.6 Å². The number of carbonyl (C=O) groups is 2. The first kappa shape index (κ1) is 18.9. The van der Waals surface area contributed by atoms with E-state index in [1.165, 1.54) is 11.2 Å². The van der Waals surface area contributed by atoms with Crippen LogP contribution in [0.15, 0.2) is 34.9 Å². The molecule has 0 aliphatic carbocycles. The summed E-state index contributed by atoms with van der Waals surface area (Å²) >= 11 is 0. The Morgan fingerprint density at radius 2 is 1.81 bits per heavy atom. The van der Waals surface area contributed by atoms with Crippen LogP contribution in [0, 0.1) is 0 Å². The molecule has 2 heterocycles. The second-order valence-electron chi connectivity index (χ2n) is 6.78. The molecule has 2 aromatic rings. The third-order valence-electron chi connectivity index (χ3n) is 4.81. The molecule has 1 N–H and O–H groups in total. The van der Waals surface area contributed by atoms with E-state index in [0.29, 0.717) is 24.4 Å². The second kappa shape index (κ2) is 7.82. The number of urea groups is 1. The number of nitrogens with zero attached hydrogens (tertiary/aromatic N) is 2. The van der Waals surface area contributed by atoms with Crippen LogP contribution in [-0.2, 0) is 11.3 Å². The first-order chi connectivity index (χ1) is 13.0. The summed E-state index contributed by atoms with van der Waals surface area (Å²) in [5.74, 6) is 1.01. The zero-order chi connectivity index (χ0) is 19.4. The summed E-state index contributed by atoms with van der Waals surface area (Å²) < 4.78 is 10.7. The minimum Gasteiger partial charge on any atom is -0.497 e. The van der Waals surface area contributed by atoms with Crippen molar-refractivity contribution in [3.8, 4) is 17.2 Å². The summed E-state index contributed by atoms with van der Waals surface area (Å²) in [4.78, 5) is 31.0. The van der Waals surface area contributed by atoms with Crippen LogP contribution >= 0.6 is 0 Å². The standard InChI is InChI=1S/C20H25N3O4/c1-4-10-20(11-5-2)18(24)23(19(25)22-20)12-15-13-27-17(21-15)14-6-8-16(26-3)9-7-14/h6-9,13H,4-5,10-12H2,1-3H3,(H,22,25). The molecule has 1 aromatic heterocycles. The maximum absolute atomic E-state index is 12.9. The van der Waals surface area contributed by atoms with Crippen LogP contribution in [0.2, 0.25) is 0 Å². The van der Waals surface area contributed by atoms with Gasteiger partial charge in [-0.2, -0.15) is 0 Å². The van der Waals surface area contributed by atoms with Crippen molar-refractivity contribution in [3.05, 3.63) is 36.2 Å². The van der Waals surface area contributed by atoms with Crippen molar-refractivity contribution in [2.45, 2.75) is 51.6 Å². The van der Waals surface area contributed by atoms with E-state index in [4.69, 9.17) is 9.15 Å². The van der Waals surface area contributed by atoms with E-state index in [1.54, 1.807) is 7.11 Å². The van der Waals surface area contributed by atoms with Gasteiger partial charge in [-0.1, -0.05) is 26.7 Å². The highest BCUT2D eigenvalue weighted by atomic mass is 16.5. The van der Waals surface area contributed by atoms with E-state index in [9.17, 15) is 9.59 Å². The van der Waals surface area contributed by atoms with E-state index in [1.807, 2.05) is 38.1 Å². The van der Waals surface area contributed by atoms with Gasteiger partial charge in [0, 0.05) is 5.56 Å². The summed E-state index contributed by atoms with van der Waals surface area (Å²) in [5.41, 5.74) is 0.544. The molecule has 0 bridgehead atoms. The minimum atomic E-state index is -0.789. The number of benzene rings is 1. The summed E-state index contributed by atoms with van der Waals surface area (Å²) in [6.45, 7) is 4.12. The molecule has 1 fully saturated rings. The third kappa shape index (κ3) is 3.67. The van der Waals surface area contributed by atoms with Crippen LogP contribution in [0.1, 0.15) is 45.2 Å². The van der Waals surface area contributed by atoms with Gasteiger partial charge in [-0.05, 0) is 37.1 Å². The van der Waals surface area contributed by atoms with Crippen molar-refractivity contribution in [2.24, 2.45) is 0 Å². The van der Waals surface area contributed by atoms with Gasteiger partial charge in [0.05, 0.1) is 19.3 Å². The summed E-state index contributed by atoms with van der Waals surface area (Å²) in [6.07, 6.45) is 4.41. The molecule has 0 spiro atoms. The molecule has 1 aliphatic rings. The number of amides is 3. The number of methoxy groups -OCH3 is 1. The van der Waals surface area contributed by atoms with Gasteiger partial charge in [-0.15, -0.1) is 0 Å². The Bertz CT molecular complexity index is 807. The quantitative estimate of drug-likeness (QED) is 0.715. The smallest absolute Gasteiger partial charge is 0.325 e. The number of carbonyl (C=O) groups excluding carboxylic acids is 2. The van der Waals surface area contributed by atoms with E-state index >= 15 is 0 Å². The Morgan fingerprint density at radius 1 is 1.15 bits per heavy atom. The lowest BCUT2D eigenvalue weighted by Gasteiger charge is -2.25. The number of oxazole rings is 1. The number of nitrogens with one attached hydrogen (secondary N) is 1. The fourth-order valence-corrected chi connectivity index (χ4v) is 3.55. The normalized spacial score (nSPS) is 15.9. The predicted molar refractivity (Wildman–Crippen MR) is 100 cm³/mol. The molecule has 0 saturated carbocycles. The zero-order valence-electron chi connectivity index (χ0n) is 15.9. The van der Waals surface area contributed by atoms with Gasteiger partial charge in [-0.25, -0.2) is 9.78 Å². The summed E-state index contributed by atoms with van der Waals surface area (Å²) in [5, 5.41) is 2.91. The van der Waals surface area contributed by atoms with Crippen LogP contribution in [0.5, 0.6) is 5.75 Å². The van der Waals surface area contributed by atoms with E-state index in [2.05, 4.69) is 10.3 Å². The van der Waals surface area contributed by atoms with E-state index in [0.717, 1.165) is 24.2 Å². The average molecular weight is 371 g/mol. The van der Waals surface area contributed by atoms with Crippen molar-refractivity contribution < 1.29 is 18.7 Å². The van der Waals surface area contributed by atoms with Crippen LogP contribution in [0.25, 0.3) is 11.5 Å². The highest BCUT2D eigenvalue weighted by Gasteiger charge is 2.49. The number of rotatable bonds is 8. The van der Waals surface area contributed by atoms with Gasteiger partial charge in [0.15, 0.2) is 0 Å². The predicted octanol–water partition coefficient (Wildman–Crippen LogP) is 3.74. The fraction of sp³-hybridized carbons (Fsp3) is 0.450. The third-order valence-corrected chi connectivity index (χ3v) is 4.81. The van der Waals surface area contributed by atoms with Crippen molar-refractivity contribution in [2.75, 3.05) is 7.11 Å². The van der Waals surface area contributed by atoms with Crippen molar-refractivity contribution in [1.29, 1.82) is 0 Å². The maximum Gasteiger partial charge on any atom is 0.325 e. The Labute approximate surface area is 158 Å². The van der Waals surface area contributed by atoms with E-state index < -0.39 is 5.54 Å². The van der Waals surface area contributed by atoms with Gasteiger partial charge in [0.25, 0.3) is 5.91 Å². The number of ether oxygens (including phenoxy) is 1. The first-order valence-corrected chi connectivity index (χ1v) is 9.26. The Kier molecular flexibility index (Phi) is 5.48. The average Bonchev–Trinajstić information content (AvgIpc) is 3.22. The molecular weight excluding hydrogens is 346 g/mol.